The SMILES string of the molecule is CN(C)c1ccc(C(=O)NCC2(C3CC3)CC2)cc1N. The van der Waals surface area contributed by atoms with Crippen LogP contribution < -0.4 is 16.0 Å². The van der Waals surface area contributed by atoms with E-state index < -0.39 is 0 Å². The molecule has 0 aliphatic heterocycles. The predicted molar refractivity (Wildman–Crippen MR) is 81.9 cm³/mol. The number of carbonyl (C=O) groups excluding carboxylic acids is 1. The molecule has 1 aromatic rings. The van der Waals surface area contributed by atoms with E-state index in [9.17, 15) is 4.79 Å². The van der Waals surface area contributed by atoms with Gasteiger partial charge < -0.3 is 16.0 Å². The van der Waals surface area contributed by atoms with Gasteiger partial charge in [0.05, 0.1) is 11.4 Å². The number of nitrogen functional groups attached to an aromatic ring is 1. The molecule has 0 atom stereocenters. The van der Waals surface area contributed by atoms with Gasteiger partial charge in [-0.2, -0.15) is 0 Å². The average molecular weight is 273 g/mol. The van der Waals surface area contributed by atoms with Crippen molar-refractivity contribution in [2.24, 2.45) is 11.3 Å². The molecule has 0 aromatic heterocycles. The van der Waals surface area contributed by atoms with E-state index in [1.165, 1.54) is 25.7 Å². The first-order valence-corrected chi connectivity index (χ1v) is 7.37. The van der Waals surface area contributed by atoms with E-state index in [1.54, 1.807) is 6.07 Å². The second-order valence-corrected chi connectivity index (χ2v) is 6.49. The van der Waals surface area contributed by atoms with Crippen LogP contribution in [-0.4, -0.2) is 26.5 Å². The number of hydrogen-bond acceptors (Lipinski definition) is 3. The second kappa shape index (κ2) is 4.69. The van der Waals surface area contributed by atoms with Crippen molar-refractivity contribution in [3.05, 3.63) is 23.8 Å². The molecule has 0 radical (unpaired) electrons. The van der Waals surface area contributed by atoms with Gasteiger partial charge in [-0.3, -0.25) is 4.79 Å². The minimum atomic E-state index is -0.00562. The van der Waals surface area contributed by atoms with Crippen molar-refractivity contribution < 1.29 is 4.79 Å². The Bertz CT molecular complexity index is 531. The Kier molecular flexibility index (Phi) is 3.11. The van der Waals surface area contributed by atoms with Gasteiger partial charge in [-0.25, -0.2) is 0 Å². The quantitative estimate of drug-likeness (QED) is 0.809. The van der Waals surface area contributed by atoms with Crippen LogP contribution in [0.5, 0.6) is 0 Å². The number of amides is 1. The van der Waals surface area contributed by atoms with E-state index in [4.69, 9.17) is 5.73 Å². The molecule has 20 heavy (non-hydrogen) atoms. The van der Waals surface area contributed by atoms with Gasteiger partial charge in [0.15, 0.2) is 0 Å². The molecule has 0 unspecified atom stereocenters. The fourth-order valence-corrected chi connectivity index (χ4v) is 3.05. The lowest BCUT2D eigenvalue weighted by Gasteiger charge is -2.17. The number of hydrogen-bond donors (Lipinski definition) is 2. The Labute approximate surface area is 120 Å². The van der Waals surface area contributed by atoms with Crippen molar-refractivity contribution in [2.75, 3.05) is 31.3 Å². The maximum absolute atomic E-state index is 12.2. The molecule has 0 saturated heterocycles. The lowest BCUT2D eigenvalue weighted by molar-refractivity contribution is 0.0942. The summed E-state index contributed by atoms with van der Waals surface area (Å²) in [6.07, 6.45) is 5.25. The van der Waals surface area contributed by atoms with Crippen molar-refractivity contribution in [1.29, 1.82) is 0 Å². The highest BCUT2D eigenvalue weighted by molar-refractivity contribution is 5.96. The zero-order chi connectivity index (χ0) is 14.3. The van der Waals surface area contributed by atoms with E-state index in [-0.39, 0.29) is 5.91 Å². The lowest BCUT2D eigenvalue weighted by atomic mass is 10.0. The first-order chi connectivity index (χ1) is 9.52. The van der Waals surface area contributed by atoms with E-state index >= 15 is 0 Å². The Morgan fingerprint density at radius 1 is 1.40 bits per heavy atom. The number of nitrogens with two attached hydrogens (primary N) is 1. The van der Waals surface area contributed by atoms with Crippen LogP contribution in [0.25, 0.3) is 0 Å². The molecule has 108 valence electrons. The summed E-state index contributed by atoms with van der Waals surface area (Å²) >= 11 is 0. The summed E-state index contributed by atoms with van der Waals surface area (Å²) in [6, 6.07) is 5.51. The third-order valence-electron chi connectivity index (χ3n) is 4.71. The number of rotatable bonds is 5. The van der Waals surface area contributed by atoms with E-state index in [0.29, 0.717) is 16.7 Å². The summed E-state index contributed by atoms with van der Waals surface area (Å²) in [5, 5.41) is 3.09. The average Bonchev–Trinajstić information content (AvgIpc) is 3.27. The van der Waals surface area contributed by atoms with Gasteiger partial charge in [0.25, 0.3) is 5.91 Å². The molecule has 0 heterocycles. The monoisotopic (exact) mass is 273 g/mol. The summed E-state index contributed by atoms with van der Waals surface area (Å²) in [4.78, 5) is 14.2. The van der Waals surface area contributed by atoms with E-state index in [1.807, 2.05) is 31.1 Å². The van der Waals surface area contributed by atoms with Crippen LogP contribution in [0.15, 0.2) is 18.2 Å². The van der Waals surface area contributed by atoms with Crippen LogP contribution in [0.4, 0.5) is 11.4 Å². The molecule has 0 spiro atoms. The number of nitrogens with zero attached hydrogens (tertiary/aromatic N) is 1. The molecule has 3 rings (SSSR count). The van der Waals surface area contributed by atoms with Gasteiger partial charge in [-0.05, 0) is 55.2 Å². The van der Waals surface area contributed by atoms with Crippen LogP contribution >= 0.6 is 0 Å². The normalized spacial score (nSPS) is 19.5. The Hall–Kier alpha value is -1.71. The molecule has 4 nitrogen and oxygen atoms in total. The van der Waals surface area contributed by atoms with Crippen molar-refractivity contribution in [1.82, 2.24) is 5.32 Å². The van der Waals surface area contributed by atoms with Crippen LogP contribution in [-0.2, 0) is 0 Å². The molecule has 2 fully saturated rings. The van der Waals surface area contributed by atoms with Crippen molar-refractivity contribution in [2.45, 2.75) is 25.7 Å². The molecule has 1 aromatic carbocycles. The molecule has 4 heteroatoms. The molecule has 1 amide bonds. The number of anilines is 2. The number of nitrogens with one attached hydrogen (secondary N) is 1. The first-order valence-electron chi connectivity index (χ1n) is 7.37. The van der Waals surface area contributed by atoms with Crippen LogP contribution in [0, 0.1) is 11.3 Å². The van der Waals surface area contributed by atoms with E-state index in [0.717, 1.165) is 18.2 Å². The zero-order valence-electron chi connectivity index (χ0n) is 12.3. The van der Waals surface area contributed by atoms with Gasteiger partial charge >= 0.3 is 0 Å². The summed E-state index contributed by atoms with van der Waals surface area (Å²) in [5.41, 5.74) is 8.67. The Morgan fingerprint density at radius 2 is 2.10 bits per heavy atom. The van der Waals surface area contributed by atoms with Crippen molar-refractivity contribution >= 4 is 17.3 Å². The minimum absolute atomic E-state index is 0.00562. The maximum Gasteiger partial charge on any atom is 0.251 e. The molecule has 3 N–H and O–H groups in total. The first kappa shape index (κ1) is 13.3. The summed E-state index contributed by atoms with van der Waals surface area (Å²) in [5.74, 6) is 0.859. The Balaban J connectivity index is 1.63. The van der Waals surface area contributed by atoms with Crippen LogP contribution in [0.2, 0.25) is 0 Å². The molecular formula is C16H23N3O. The zero-order valence-corrected chi connectivity index (χ0v) is 12.3. The van der Waals surface area contributed by atoms with Gasteiger partial charge in [-0.1, -0.05) is 0 Å². The van der Waals surface area contributed by atoms with Crippen molar-refractivity contribution in [3.8, 4) is 0 Å². The van der Waals surface area contributed by atoms with Crippen LogP contribution in [0.1, 0.15) is 36.0 Å². The smallest absolute Gasteiger partial charge is 0.251 e. The number of benzene rings is 1. The molecular weight excluding hydrogens is 250 g/mol. The third-order valence-corrected chi connectivity index (χ3v) is 4.71. The summed E-state index contributed by atoms with van der Waals surface area (Å²) in [7, 11) is 3.88. The largest absolute Gasteiger partial charge is 0.397 e. The standard InChI is InChI=1S/C16H23N3O/c1-19(2)14-6-3-11(9-13(14)17)15(20)18-10-16(7-8-16)12-4-5-12/h3,6,9,12H,4-5,7-8,10,17H2,1-2H3,(H,18,20). The van der Waals surface area contributed by atoms with E-state index in [2.05, 4.69) is 5.32 Å². The molecule has 2 saturated carbocycles. The molecule has 2 aliphatic carbocycles. The van der Waals surface area contributed by atoms with Gasteiger partial charge in [-0.15, -0.1) is 0 Å². The summed E-state index contributed by atoms with van der Waals surface area (Å²) < 4.78 is 0. The summed E-state index contributed by atoms with van der Waals surface area (Å²) in [6.45, 7) is 0.825. The molecule has 2 aliphatic rings. The fourth-order valence-electron chi connectivity index (χ4n) is 3.05. The highest BCUT2D eigenvalue weighted by Gasteiger charge is 2.53. The molecule has 0 bridgehead atoms. The lowest BCUT2D eigenvalue weighted by Crippen LogP contribution is -2.31. The number of carbonyl (C=O) groups is 1. The second-order valence-electron chi connectivity index (χ2n) is 6.49. The maximum atomic E-state index is 12.2. The fraction of sp³-hybridized carbons (Fsp3) is 0.562. The minimum Gasteiger partial charge on any atom is -0.397 e. The van der Waals surface area contributed by atoms with Gasteiger partial charge in [0.1, 0.15) is 0 Å². The predicted octanol–water partition coefficient (Wildman–Crippen LogP) is 2.25. The third kappa shape index (κ3) is 2.47. The highest BCUT2D eigenvalue weighted by Crippen LogP contribution is 2.60. The van der Waals surface area contributed by atoms with Gasteiger partial charge in [0, 0.05) is 26.2 Å². The topological polar surface area (TPSA) is 58.4 Å². The Morgan fingerprint density at radius 3 is 2.60 bits per heavy atom. The highest BCUT2D eigenvalue weighted by atomic mass is 16.1. The van der Waals surface area contributed by atoms with Gasteiger partial charge in [0.2, 0.25) is 0 Å². The van der Waals surface area contributed by atoms with Crippen LogP contribution in [0.3, 0.4) is 0 Å². The van der Waals surface area contributed by atoms with Crippen molar-refractivity contribution in [3.63, 3.8) is 0 Å².